The van der Waals surface area contributed by atoms with Crippen molar-refractivity contribution in [3.63, 3.8) is 0 Å². The number of rotatable bonds is 3. The number of hydrogen-bond donors (Lipinski definition) is 2. The van der Waals surface area contributed by atoms with Crippen LogP contribution in [0.4, 0.5) is 0 Å². The van der Waals surface area contributed by atoms with E-state index in [0.717, 1.165) is 29.0 Å². The Morgan fingerprint density at radius 2 is 1.90 bits per heavy atom. The van der Waals surface area contributed by atoms with Crippen LogP contribution in [0.5, 0.6) is 0 Å². The van der Waals surface area contributed by atoms with Crippen LogP contribution in [0.3, 0.4) is 0 Å². The molecule has 4 rings (SSSR count). The number of aromatic nitrogens is 1. The Bertz CT molecular complexity index is 655. The van der Waals surface area contributed by atoms with Gasteiger partial charge in [0.05, 0.1) is 5.52 Å². The van der Waals surface area contributed by atoms with Crippen molar-refractivity contribution in [3.8, 4) is 0 Å². The molecular weight excluding hydrogens is 258 g/mol. The quantitative estimate of drug-likeness (QED) is 0.669. The van der Waals surface area contributed by atoms with Crippen LogP contribution in [-0.2, 0) is 0 Å². The number of fused-ring (bicyclic) bond motifs is 2. The third-order valence-electron chi connectivity index (χ3n) is 5.50. The van der Waals surface area contributed by atoms with Crippen molar-refractivity contribution in [2.24, 2.45) is 23.6 Å². The maximum absolute atomic E-state index is 5.90. The van der Waals surface area contributed by atoms with Crippen molar-refractivity contribution >= 4 is 10.9 Å². The summed E-state index contributed by atoms with van der Waals surface area (Å²) in [6.07, 6.45) is 5.58. The second-order valence-corrected chi connectivity index (χ2v) is 6.74. The predicted octanol–water partition coefficient (Wildman–Crippen LogP) is 3.48. The summed E-state index contributed by atoms with van der Waals surface area (Å²) >= 11 is 0. The summed E-state index contributed by atoms with van der Waals surface area (Å²) in [7, 11) is 0. The van der Waals surface area contributed by atoms with Crippen molar-refractivity contribution in [2.75, 3.05) is 0 Å². The van der Waals surface area contributed by atoms with Crippen LogP contribution in [-0.4, -0.2) is 4.98 Å². The largest absolute Gasteiger partial charge is 0.271 e. The van der Waals surface area contributed by atoms with Gasteiger partial charge in [-0.15, -0.1) is 0 Å². The van der Waals surface area contributed by atoms with Crippen LogP contribution in [0, 0.1) is 24.7 Å². The lowest BCUT2D eigenvalue weighted by Crippen LogP contribution is -2.30. The molecule has 3 atom stereocenters. The molecule has 0 bridgehead atoms. The summed E-state index contributed by atoms with van der Waals surface area (Å²) in [5, 5.41) is 1.21. The predicted molar refractivity (Wildman–Crippen MR) is 85.5 cm³/mol. The monoisotopic (exact) mass is 281 g/mol. The van der Waals surface area contributed by atoms with Crippen molar-refractivity contribution in [1.82, 2.24) is 10.4 Å². The second kappa shape index (κ2) is 5.08. The Labute approximate surface area is 125 Å². The number of nitrogens with zero attached hydrogens (tertiary/aromatic N) is 1. The first-order chi connectivity index (χ1) is 10.3. The summed E-state index contributed by atoms with van der Waals surface area (Å²) in [5.41, 5.74) is 6.55. The zero-order valence-corrected chi connectivity index (χ0v) is 12.5. The molecule has 0 radical (unpaired) electrons. The molecule has 2 fully saturated rings. The van der Waals surface area contributed by atoms with Crippen molar-refractivity contribution in [1.29, 1.82) is 0 Å². The van der Waals surface area contributed by atoms with E-state index in [1.807, 2.05) is 6.92 Å². The van der Waals surface area contributed by atoms with E-state index in [9.17, 15) is 0 Å². The van der Waals surface area contributed by atoms with E-state index in [1.165, 1.54) is 36.6 Å². The van der Waals surface area contributed by atoms with E-state index in [0.29, 0.717) is 6.04 Å². The van der Waals surface area contributed by atoms with Gasteiger partial charge in [0.25, 0.3) is 0 Å². The highest BCUT2D eigenvalue weighted by Crippen LogP contribution is 2.60. The van der Waals surface area contributed by atoms with E-state index in [-0.39, 0.29) is 0 Å². The molecule has 0 amide bonds. The van der Waals surface area contributed by atoms with Gasteiger partial charge in [0.2, 0.25) is 0 Å². The van der Waals surface area contributed by atoms with Crippen LogP contribution in [0.1, 0.15) is 43.0 Å². The molecule has 3 N–H and O–H groups in total. The minimum atomic E-state index is 0.295. The van der Waals surface area contributed by atoms with Crippen molar-refractivity contribution in [2.45, 2.75) is 38.6 Å². The van der Waals surface area contributed by atoms with Gasteiger partial charge in [-0.3, -0.25) is 16.3 Å². The maximum Gasteiger partial charge on any atom is 0.0705 e. The third-order valence-corrected chi connectivity index (χ3v) is 5.50. The van der Waals surface area contributed by atoms with Gasteiger partial charge in [0.1, 0.15) is 0 Å². The summed E-state index contributed by atoms with van der Waals surface area (Å²) in [6.45, 7) is 2.03. The van der Waals surface area contributed by atoms with Crippen LogP contribution < -0.4 is 11.3 Å². The van der Waals surface area contributed by atoms with Gasteiger partial charge in [-0.2, -0.15) is 0 Å². The summed E-state index contributed by atoms with van der Waals surface area (Å²) < 4.78 is 0. The Hall–Kier alpha value is -1.45. The number of pyridine rings is 1. The van der Waals surface area contributed by atoms with E-state index >= 15 is 0 Å². The van der Waals surface area contributed by atoms with Crippen molar-refractivity contribution in [3.05, 3.63) is 41.6 Å². The Balaban J connectivity index is 1.66. The molecule has 3 nitrogen and oxygen atoms in total. The SMILES string of the molecule is Cc1ccc2cc(C(NN)C3C4CCCCC43)ccc2n1. The average molecular weight is 281 g/mol. The molecule has 2 saturated carbocycles. The Morgan fingerprint density at radius 3 is 2.62 bits per heavy atom. The van der Waals surface area contributed by atoms with Gasteiger partial charge in [-0.25, -0.2) is 0 Å². The van der Waals surface area contributed by atoms with Gasteiger partial charge in [0.15, 0.2) is 0 Å². The number of benzene rings is 1. The zero-order chi connectivity index (χ0) is 14.4. The zero-order valence-electron chi connectivity index (χ0n) is 12.5. The number of hydrazine groups is 1. The highest BCUT2D eigenvalue weighted by molar-refractivity contribution is 5.79. The maximum atomic E-state index is 5.90. The summed E-state index contributed by atoms with van der Waals surface area (Å²) in [6, 6.07) is 11.1. The van der Waals surface area contributed by atoms with E-state index in [1.54, 1.807) is 0 Å². The van der Waals surface area contributed by atoms with Gasteiger partial charge in [-0.1, -0.05) is 25.0 Å². The van der Waals surface area contributed by atoms with E-state index < -0.39 is 0 Å². The lowest BCUT2D eigenvalue weighted by atomic mass is 9.98. The van der Waals surface area contributed by atoms with Gasteiger partial charge in [-0.05, 0) is 61.3 Å². The minimum absolute atomic E-state index is 0.295. The third kappa shape index (κ3) is 2.25. The van der Waals surface area contributed by atoms with Crippen LogP contribution in [0.2, 0.25) is 0 Å². The normalized spacial score (nSPS) is 29.1. The minimum Gasteiger partial charge on any atom is -0.271 e. The topological polar surface area (TPSA) is 50.9 Å². The molecule has 0 saturated heterocycles. The first-order valence-corrected chi connectivity index (χ1v) is 8.11. The van der Waals surface area contributed by atoms with Crippen LogP contribution >= 0.6 is 0 Å². The van der Waals surface area contributed by atoms with Crippen molar-refractivity contribution < 1.29 is 0 Å². The van der Waals surface area contributed by atoms with Gasteiger partial charge >= 0.3 is 0 Å². The standard InChI is InChI=1S/C18H23N3/c1-11-6-7-12-10-13(8-9-16(12)20-11)18(21-19)17-14-4-2-3-5-15(14)17/h6-10,14-15,17-18,21H,2-5,19H2,1H3. The first-order valence-electron chi connectivity index (χ1n) is 8.11. The fourth-order valence-corrected chi connectivity index (χ4v) is 4.41. The molecule has 110 valence electrons. The number of hydrogen-bond acceptors (Lipinski definition) is 3. The molecule has 2 aliphatic carbocycles. The van der Waals surface area contributed by atoms with E-state index in [2.05, 4.69) is 40.7 Å². The Kier molecular flexibility index (Phi) is 3.20. The molecular formula is C18H23N3. The fourth-order valence-electron chi connectivity index (χ4n) is 4.41. The van der Waals surface area contributed by atoms with Crippen LogP contribution in [0.15, 0.2) is 30.3 Å². The summed E-state index contributed by atoms with van der Waals surface area (Å²) in [5.74, 6) is 8.42. The molecule has 1 heterocycles. The number of aryl methyl sites for hydroxylation is 1. The highest BCUT2D eigenvalue weighted by atomic mass is 15.2. The van der Waals surface area contributed by atoms with E-state index in [4.69, 9.17) is 5.84 Å². The molecule has 1 aromatic heterocycles. The number of nitrogens with two attached hydrogens (primary N) is 1. The lowest BCUT2D eigenvalue weighted by molar-refractivity contribution is 0.457. The number of nitrogens with one attached hydrogen (secondary N) is 1. The molecule has 2 aromatic rings. The smallest absolute Gasteiger partial charge is 0.0705 e. The summed E-state index contributed by atoms with van der Waals surface area (Å²) in [4.78, 5) is 4.58. The van der Waals surface area contributed by atoms with Gasteiger partial charge < -0.3 is 0 Å². The van der Waals surface area contributed by atoms with Gasteiger partial charge in [0, 0.05) is 17.1 Å². The highest BCUT2D eigenvalue weighted by Gasteiger charge is 2.54. The molecule has 3 heteroatoms. The second-order valence-electron chi connectivity index (χ2n) is 6.74. The fraction of sp³-hybridized carbons (Fsp3) is 0.500. The Morgan fingerprint density at radius 1 is 1.14 bits per heavy atom. The molecule has 0 spiro atoms. The molecule has 0 aliphatic heterocycles. The molecule has 21 heavy (non-hydrogen) atoms. The molecule has 3 unspecified atom stereocenters. The average Bonchev–Trinajstić information content (AvgIpc) is 3.23. The first kappa shape index (κ1) is 13.2. The molecule has 1 aromatic carbocycles. The van der Waals surface area contributed by atoms with Crippen LogP contribution in [0.25, 0.3) is 10.9 Å². The molecule has 2 aliphatic rings. The lowest BCUT2D eigenvalue weighted by Gasteiger charge is -2.17.